The molecule has 0 saturated heterocycles. The number of fused-ring (bicyclic) bond motifs is 3. The third-order valence-corrected chi connectivity index (χ3v) is 7.70. The lowest BCUT2D eigenvalue weighted by Crippen LogP contribution is -2.22. The molecule has 0 spiro atoms. The van der Waals surface area contributed by atoms with Crippen LogP contribution in [0.4, 0.5) is 0 Å². The van der Waals surface area contributed by atoms with Gasteiger partial charge in [0.15, 0.2) is 28.8 Å². The molecule has 11 nitrogen and oxygen atoms in total. The summed E-state index contributed by atoms with van der Waals surface area (Å²) in [5, 5.41) is 40.9. The van der Waals surface area contributed by atoms with Crippen molar-refractivity contribution in [1.82, 2.24) is 0 Å². The average molecular weight is 613 g/mol. The highest BCUT2D eigenvalue weighted by Gasteiger charge is 2.35. The summed E-state index contributed by atoms with van der Waals surface area (Å²) in [4.78, 5) is 26.1. The van der Waals surface area contributed by atoms with Crippen molar-refractivity contribution in [3.05, 3.63) is 93.6 Å². The number of hydrogen-bond acceptors (Lipinski definition) is 11. The van der Waals surface area contributed by atoms with Crippen molar-refractivity contribution in [1.29, 1.82) is 0 Å². The molecular weight excluding hydrogens is 584 g/mol. The molecule has 0 saturated carbocycles. The van der Waals surface area contributed by atoms with E-state index in [1.54, 1.807) is 25.3 Å². The summed E-state index contributed by atoms with van der Waals surface area (Å²) in [7, 11) is 3.10. The maximum absolute atomic E-state index is 13.3. The molecule has 0 aliphatic carbocycles. The zero-order chi connectivity index (χ0) is 31.8. The van der Waals surface area contributed by atoms with E-state index < -0.39 is 40.3 Å². The monoisotopic (exact) mass is 612 g/mol. The van der Waals surface area contributed by atoms with E-state index in [1.165, 1.54) is 19.2 Å². The van der Waals surface area contributed by atoms with Crippen molar-refractivity contribution < 1.29 is 48.6 Å². The van der Waals surface area contributed by atoms with Crippen LogP contribution in [0.15, 0.2) is 75.9 Å². The molecule has 1 aliphatic heterocycles. The Morgan fingerprint density at radius 3 is 2.31 bits per heavy atom. The third kappa shape index (κ3) is 5.40. The van der Waals surface area contributed by atoms with E-state index in [1.807, 2.05) is 24.3 Å². The molecule has 5 aromatic rings. The summed E-state index contributed by atoms with van der Waals surface area (Å²) >= 11 is 0. The summed E-state index contributed by atoms with van der Waals surface area (Å²) in [6.07, 6.45) is 0.507. The van der Waals surface area contributed by atoms with E-state index in [-0.39, 0.29) is 34.5 Å². The van der Waals surface area contributed by atoms with Gasteiger partial charge in [-0.15, -0.1) is 0 Å². The van der Waals surface area contributed by atoms with Crippen molar-refractivity contribution in [2.75, 3.05) is 20.8 Å². The average Bonchev–Trinajstić information content (AvgIpc) is 3.03. The van der Waals surface area contributed by atoms with Gasteiger partial charge in [-0.05, 0) is 53.6 Å². The van der Waals surface area contributed by atoms with Crippen LogP contribution < -0.4 is 24.4 Å². The minimum Gasteiger partial charge on any atom is -0.507 e. The molecule has 1 aliphatic rings. The largest absolute Gasteiger partial charge is 0.507 e. The van der Waals surface area contributed by atoms with E-state index in [9.17, 15) is 30.0 Å². The maximum atomic E-state index is 13.3. The fourth-order valence-corrected chi connectivity index (χ4v) is 5.42. The number of rotatable bonds is 8. The van der Waals surface area contributed by atoms with E-state index in [0.29, 0.717) is 35.7 Å². The molecule has 0 amide bonds. The Morgan fingerprint density at radius 2 is 1.60 bits per heavy atom. The van der Waals surface area contributed by atoms with Crippen LogP contribution in [0.3, 0.4) is 0 Å². The summed E-state index contributed by atoms with van der Waals surface area (Å²) in [5.74, 6) is -2.25. The lowest BCUT2D eigenvalue weighted by atomic mass is 9.85. The van der Waals surface area contributed by atoms with E-state index >= 15 is 0 Å². The SMILES string of the molecule is COc1ccc(CCOc2ccc([C@@H]3CC(=O)Oc4cc(O)c5c(=O)c(O)c(-c6ccc(O)c(O)c6)oc5c43)cc2OC)cc1. The Hall–Kier alpha value is -5.84. The molecule has 6 rings (SSSR count). The van der Waals surface area contributed by atoms with Crippen LogP contribution >= 0.6 is 0 Å². The van der Waals surface area contributed by atoms with Crippen LogP contribution in [-0.4, -0.2) is 47.2 Å². The van der Waals surface area contributed by atoms with Crippen LogP contribution in [0, 0.1) is 0 Å². The lowest BCUT2D eigenvalue weighted by Gasteiger charge is -2.26. The highest BCUT2D eigenvalue weighted by molar-refractivity contribution is 5.94. The highest BCUT2D eigenvalue weighted by atomic mass is 16.5. The van der Waals surface area contributed by atoms with Crippen molar-refractivity contribution in [2.24, 2.45) is 0 Å². The third-order valence-electron chi connectivity index (χ3n) is 7.70. The molecule has 4 N–H and O–H groups in total. The Kier molecular flexibility index (Phi) is 7.59. The first-order chi connectivity index (χ1) is 21.7. The number of hydrogen-bond donors (Lipinski definition) is 4. The molecule has 0 bridgehead atoms. The van der Waals surface area contributed by atoms with E-state index in [2.05, 4.69) is 0 Å². The predicted octanol–water partition coefficient (Wildman–Crippen LogP) is 5.36. The Balaban J connectivity index is 1.40. The van der Waals surface area contributed by atoms with Gasteiger partial charge in [-0.3, -0.25) is 9.59 Å². The van der Waals surface area contributed by atoms with Crippen LogP contribution in [0.1, 0.15) is 29.0 Å². The molecule has 0 radical (unpaired) electrons. The fourth-order valence-electron chi connectivity index (χ4n) is 5.42. The predicted molar refractivity (Wildman–Crippen MR) is 162 cm³/mol. The van der Waals surface area contributed by atoms with Gasteiger partial charge in [0.2, 0.25) is 11.2 Å². The van der Waals surface area contributed by atoms with Gasteiger partial charge in [-0.25, -0.2) is 0 Å². The second-order valence-corrected chi connectivity index (χ2v) is 10.4. The standard InChI is InChI=1S/C34H28O11/c1-41-20-7-3-17(4-8-20)11-12-43-25-10-6-18(14-26(25)42-2)21-15-28(38)44-27-16-24(37)30-31(39)32(40)33(45-34(30)29(21)27)19-5-9-22(35)23(36)13-19/h3-10,13-14,16,21,35-37,40H,11-12,15H2,1-2H3/t21-/m0/s1. The zero-order valence-electron chi connectivity index (χ0n) is 24.2. The van der Waals surface area contributed by atoms with Crippen molar-refractivity contribution in [2.45, 2.75) is 18.8 Å². The number of methoxy groups -OCH3 is 2. The van der Waals surface area contributed by atoms with Gasteiger partial charge in [0.25, 0.3) is 0 Å². The van der Waals surface area contributed by atoms with Crippen LogP contribution in [0.25, 0.3) is 22.3 Å². The molecule has 0 fully saturated rings. The molecule has 1 aromatic heterocycles. The molecule has 11 heteroatoms. The maximum Gasteiger partial charge on any atom is 0.312 e. The van der Waals surface area contributed by atoms with Crippen molar-refractivity contribution >= 4 is 16.9 Å². The lowest BCUT2D eigenvalue weighted by molar-refractivity contribution is -0.135. The van der Waals surface area contributed by atoms with Gasteiger partial charge in [0.05, 0.1) is 27.2 Å². The van der Waals surface area contributed by atoms with Crippen molar-refractivity contribution in [3.63, 3.8) is 0 Å². The number of phenolic OH excluding ortho intramolecular Hbond substituents is 3. The van der Waals surface area contributed by atoms with E-state index in [0.717, 1.165) is 23.4 Å². The number of aromatic hydroxyl groups is 4. The van der Waals surface area contributed by atoms with Crippen LogP contribution in [0.5, 0.6) is 46.0 Å². The number of ether oxygens (including phenoxy) is 4. The molecule has 1 atom stereocenters. The van der Waals surface area contributed by atoms with E-state index in [4.69, 9.17) is 23.4 Å². The normalized spacial score (nSPS) is 14.1. The van der Waals surface area contributed by atoms with Gasteiger partial charge in [-0.1, -0.05) is 18.2 Å². The molecule has 0 unspecified atom stereocenters. The first-order valence-electron chi connectivity index (χ1n) is 13.9. The fraction of sp³-hybridized carbons (Fsp3) is 0.176. The molecular formula is C34H28O11. The number of esters is 1. The Labute approximate surface area is 256 Å². The summed E-state index contributed by atoms with van der Waals surface area (Å²) in [5.41, 5.74) is 0.992. The van der Waals surface area contributed by atoms with Gasteiger partial charge < -0.3 is 43.8 Å². The molecule has 4 aromatic carbocycles. The Bertz CT molecular complexity index is 1990. The van der Waals surface area contributed by atoms with Crippen LogP contribution in [-0.2, 0) is 11.2 Å². The zero-order valence-corrected chi connectivity index (χ0v) is 24.2. The number of benzene rings is 4. The summed E-state index contributed by atoms with van der Waals surface area (Å²) in [6, 6.07) is 17.6. The summed E-state index contributed by atoms with van der Waals surface area (Å²) < 4.78 is 28.3. The van der Waals surface area contributed by atoms with Crippen LogP contribution in [0.2, 0.25) is 0 Å². The first-order valence-corrected chi connectivity index (χ1v) is 13.9. The summed E-state index contributed by atoms with van der Waals surface area (Å²) in [6.45, 7) is 0.370. The highest BCUT2D eigenvalue weighted by Crippen LogP contribution is 2.48. The topological polar surface area (TPSA) is 165 Å². The first kappa shape index (κ1) is 29.2. The molecule has 2 heterocycles. The second-order valence-electron chi connectivity index (χ2n) is 10.4. The number of carbonyl (C=O) groups is 1. The minimum atomic E-state index is -0.937. The molecule has 230 valence electrons. The quantitative estimate of drug-likeness (QED) is 0.101. The van der Waals surface area contributed by atoms with Gasteiger partial charge in [0, 0.05) is 29.5 Å². The van der Waals surface area contributed by atoms with Gasteiger partial charge >= 0.3 is 5.97 Å². The van der Waals surface area contributed by atoms with Gasteiger partial charge in [0.1, 0.15) is 28.2 Å². The van der Waals surface area contributed by atoms with Crippen molar-refractivity contribution in [3.8, 4) is 57.3 Å². The molecule has 45 heavy (non-hydrogen) atoms. The minimum absolute atomic E-state index is 0.0200. The number of phenols is 3. The smallest absolute Gasteiger partial charge is 0.312 e. The number of carbonyl (C=O) groups excluding carboxylic acids is 1. The second kappa shape index (κ2) is 11.7. The Morgan fingerprint density at radius 1 is 0.822 bits per heavy atom. The van der Waals surface area contributed by atoms with Gasteiger partial charge in [-0.2, -0.15) is 0 Å².